The molecule has 0 aliphatic heterocycles. The van der Waals surface area contributed by atoms with Gasteiger partial charge >= 0.3 is 5.97 Å². The number of nitrogens with one attached hydrogen (secondary N) is 1. The summed E-state index contributed by atoms with van der Waals surface area (Å²) in [7, 11) is 1.57. The predicted molar refractivity (Wildman–Crippen MR) is 89.1 cm³/mol. The van der Waals surface area contributed by atoms with E-state index in [0.717, 1.165) is 0 Å². The third kappa shape index (κ3) is 6.50. The Hall–Kier alpha value is -3.09. The third-order valence-corrected chi connectivity index (χ3v) is 3.11. The summed E-state index contributed by atoms with van der Waals surface area (Å²) >= 11 is 0. The molecule has 0 fully saturated rings. The topological polar surface area (TPSA) is 73.9 Å². The van der Waals surface area contributed by atoms with Crippen LogP contribution in [-0.2, 0) is 14.3 Å². The summed E-state index contributed by atoms with van der Waals surface area (Å²) in [5, 5.41) is 2.43. The number of anilines is 1. The number of ether oxygens (including phenoxy) is 3. The average molecular weight is 347 g/mol. The maximum Gasteiger partial charge on any atom is 0.309 e. The minimum atomic E-state index is -0.567. The highest BCUT2D eigenvalue weighted by molar-refractivity contribution is 5.92. The van der Waals surface area contributed by atoms with Gasteiger partial charge in [-0.25, -0.2) is 4.39 Å². The third-order valence-electron chi connectivity index (χ3n) is 3.11. The molecule has 0 aliphatic carbocycles. The van der Waals surface area contributed by atoms with Crippen molar-refractivity contribution >= 4 is 17.6 Å². The number of amides is 1. The number of methoxy groups -OCH3 is 1. The van der Waals surface area contributed by atoms with Gasteiger partial charge < -0.3 is 19.5 Å². The zero-order chi connectivity index (χ0) is 18.1. The lowest BCUT2D eigenvalue weighted by molar-refractivity contribution is -0.147. The molecule has 2 aromatic rings. The van der Waals surface area contributed by atoms with Crippen LogP contribution in [0, 0.1) is 5.82 Å². The molecule has 0 aliphatic rings. The van der Waals surface area contributed by atoms with E-state index in [4.69, 9.17) is 14.2 Å². The van der Waals surface area contributed by atoms with E-state index in [-0.39, 0.29) is 13.0 Å². The van der Waals surface area contributed by atoms with Crippen LogP contribution in [0.25, 0.3) is 0 Å². The van der Waals surface area contributed by atoms with Gasteiger partial charge in [0.2, 0.25) is 0 Å². The van der Waals surface area contributed by atoms with Gasteiger partial charge in [-0.15, -0.1) is 0 Å². The van der Waals surface area contributed by atoms with Crippen molar-refractivity contribution in [1.29, 1.82) is 0 Å². The minimum Gasteiger partial charge on any atom is -0.497 e. The number of carbonyl (C=O) groups excluding carboxylic acids is 2. The number of rotatable bonds is 8. The molecule has 0 radical (unpaired) electrons. The maximum absolute atomic E-state index is 13.0. The molecule has 1 N–H and O–H groups in total. The van der Waals surface area contributed by atoms with Crippen LogP contribution in [0.5, 0.6) is 11.5 Å². The Morgan fingerprint density at radius 1 is 1.08 bits per heavy atom. The van der Waals surface area contributed by atoms with Crippen molar-refractivity contribution in [1.82, 2.24) is 0 Å². The van der Waals surface area contributed by atoms with Crippen molar-refractivity contribution in [2.45, 2.75) is 6.42 Å². The second-order valence-corrected chi connectivity index (χ2v) is 4.99. The van der Waals surface area contributed by atoms with Crippen molar-refractivity contribution in [3.63, 3.8) is 0 Å². The van der Waals surface area contributed by atoms with Crippen molar-refractivity contribution in [3.8, 4) is 11.5 Å². The lowest BCUT2D eigenvalue weighted by Gasteiger charge is -2.08. The molecule has 0 heterocycles. The molecule has 0 spiro atoms. The van der Waals surface area contributed by atoms with Gasteiger partial charge in [-0.3, -0.25) is 9.59 Å². The van der Waals surface area contributed by atoms with Gasteiger partial charge in [-0.2, -0.15) is 0 Å². The number of esters is 1. The molecule has 6 nitrogen and oxygen atoms in total. The zero-order valence-electron chi connectivity index (χ0n) is 13.7. The summed E-state index contributed by atoms with van der Waals surface area (Å²) in [5.41, 5.74) is 0.295. The van der Waals surface area contributed by atoms with E-state index in [9.17, 15) is 14.0 Å². The van der Waals surface area contributed by atoms with Gasteiger partial charge in [0.15, 0.2) is 6.61 Å². The van der Waals surface area contributed by atoms with E-state index in [1.165, 1.54) is 24.3 Å². The molecule has 2 aromatic carbocycles. The average Bonchev–Trinajstić information content (AvgIpc) is 2.60. The van der Waals surface area contributed by atoms with Gasteiger partial charge in [0.1, 0.15) is 17.3 Å². The second kappa shape index (κ2) is 9.27. The first-order chi connectivity index (χ1) is 12.1. The lowest BCUT2D eigenvalue weighted by Crippen LogP contribution is -2.21. The molecule has 0 atom stereocenters. The number of carbonyl (C=O) groups is 2. The zero-order valence-corrected chi connectivity index (χ0v) is 13.7. The van der Waals surface area contributed by atoms with E-state index >= 15 is 0 Å². The Bertz CT molecular complexity index is 718. The second-order valence-electron chi connectivity index (χ2n) is 4.99. The molecule has 0 unspecified atom stereocenters. The Balaban J connectivity index is 1.65. The van der Waals surface area contributed by atoms with Crippen LogP contribution in [0.1, 0.15) is 6.42 Å². The van der Waals surface area contributed by atoms with Gasteiger partial charge in [0.25, 0.3) is 5.91 Å². The molecule has 0 bridgehead atoms. The summed E-state index contributed by atoms with van der Waals surface area (Å²) in [5.74, 6) is -0.281. The Kier molecular flexibility index (Phi) is 6.76. The number of hydrogen-bond acceptors (Lipinski definition) is 5. The van der Waals surface area contributed by atoms with Gasteiger partial charge in [0, 0.05) is 5.69 Å². The molecule has 25 heavy (non-hydrogen) atoms. The number of halogens is 1. The normalized spacial score (nSPS) is 10.0. The van der Waals surface area contributed by atoms with Crippen molar-refractivity contribution < 1.29 is 28.2 Å². The molecule has 0 aromatic heterocycles. The highest BCUT2D eigenvalue weighted by Crippen LogP contribution is 2.17. The van der Waals surface area contributed by atoms with Crippen molar-refractivity contribution in [2.24, 2.45) is 0 Å². The molecular weight excluding hydrogens is 329 g/mol. The molecule has 7 heteroatoms. The van der Waals surface area contributed by atoms with E-state index < -0.39 is 24.3 Å². The van der Waals surface area contributed by atoms with Crippen LogP contribution in [0.3, 0.4) is 0 Å². The largest absolute Gasteiger partial charge is 0.497 e. The summed E-state index contributed by atoms with van der Waals surface area (Å²) in [6, 6.07) is 12.3. The first-order valence-corrected chi connectivity index (χ1v) is 7.55. The molecule has 0 saturated heterocycles. The first kappa shape index (κ1) is 18.3. The Labute approximate surface area is 144 Å². The van der Waals surface area contributed by atoms with E-state index in [1.54, 1.807) is 31.4 Å². The van der Waals surface area contributed by atoms with Crippen LogP contribution >= 0.6 is 0 Å². The summed E-state index contributed by atoms with van der Waals surface area (Å²) < 4.78 is 28.3. The fourth-order valence-electron chi connectivity index (χ4n) is 1.91. The van der Waals surface area contributed by atoms with Gasteiger partial charge in [-0.1, -0.05) is 6.07 Å². The van der Waals surface area contributed by atoms with Crippen LogP contribution in [0.4, 0.5) is 10.1 Å². The Morgan fingerprint density at radius 3 is 2.48 bits per heavy atom. The standard InChI is InChI=1S/C18H18FNO5/c1-23-15-5-7-16(8-6-15)24-10-9-18(22)25-12-17(21)20-14-4-2-3-13(19)11-14/h2-8,11H,9-10,12H2,1H3,(H,20,21). The highest BCUT2D eigenvalue weighted by atomic mass is 19.1. The summed E-state index contributed by atoms with van der Waals surface area (Å²) in [6.45, 7) is -0.325. The monoisotopic (exact) mass is 347 g/mol. The van der Waals surface area contributed by atoms with E-state index in [0.29, 0.717) is 17.2 Å². The molecule has 2 rings (SSSR count). The van der Waals surface area contributed by atoms with Crippen molar-refractivity contribution in [3.05, 3.63) is 54.3 Å². The van der Waals surface area contributed by atoms with E-state index in [2.05, 4.69) is 5.32 Å². The Morgan fingerprint density at radius 2 is 1.80 bits per heavy atom. The van der Waals surface area contributed by atoms with Gasteiger partial charge in [-0.05, 0) is 42.5 Å². The smallest absolute Gasteiger partial charge is 0.309 e. The first-order valence-electron chi connectivity index (χ1n) is 7.55. The van der Waals surface area contributed by atoms with Crippen molar-refractivity contribution in [2.75, 3.05) is 25.6 Å². The fraction of sp³-hybridized carbons (Fsp3) is 0.222. The maximum atomic E-state index is 13.0. The summed E-state index contributed by atoms with van der Waals surface area (Å²) in [4.78, 5) is 23.2. The minimum absolute atomic E-state index is 0.000720. The van der Waals surface area contributed by atoms with E-state index in [1.807, 2.05) is 0 Å². The highest BCUT2D eigenvalue weighted by Gasteiger charge is 2.09. The lowest BCUT2D eigenvalue weighted by atomic mass is 10.3. The SMILES string of the molecule is COc1ccc(OCCC(=O)OCC(=O)Nc2cccc(F)c2)cc1. The van der Waals surface area contributed by atoms with Crippen LogP contribution in [-0.4, -0.2) is 32.2 Å². The fourth-order valence-corrected chi connectivity index (χ4v) is 1.91. The number of benzene rings is 2. The molecule has 132 valence electrons. The molecule has 0 saturated carbocycles. The molecular formula is C18H18FNO5. The predicted octanol–water partition coefficient (Wildman–Crippen LogP) is 2.79. The van der Waals surface area contributed by atoms with Crippen LogP contribution in [0.2, 0.25) is 0 Å². The van der Waals surface area contributed by atoms with Gasteiger partial charge in [0.05, 0.1) is 20.1 Å². The van der Waals surface area contributed by atoms with Crippen LogP contribution in [0.15, 0.2) is 48.5 Å². The number of hydrogen-bond donors (Lipinski definition) is 1. The van der Waals surface area contributed by atoms with Crippen LogP contribution < -0.4 is 14.8 Å². The molecule has 1 amide bonds. The quantitative estimate of drug-likeness (QED) is 0.743. The summed E-state index contributed by atoms with van der Waals surface area (Å²) in [6.07, 6.45) is -0.000720.